The number of hydrogen-bond donors (Lipinski definition) is 1. The predicted octanol–water partition coefficient (Wildman–Crippen LogP) is 6.27. The number of nitrogens with zero attached hydrogens (tertiary/aromatic N) is 2. The molecule has 5 nitrogen and oxygen atoms in total. The highest BCUT2D eigenvalue weighted by Crippen LogP contribution is 2.39. The van der Waals surface area contributed by atoms with E-state index in [1.165, 1.54) is 31.2 Å². The minimum absolute atomic E-state index is 0.141. The highest BCUT2D eigenvalue weighted by Gasteiger charge is 2.23. The molecule has 1 aliphatic rings. The molecule has 0 amide bonds. The number of carbonyl (C=O) groups is 1. The van der Waals surface area contributed by atoms with Crippen LogP contribution in [0.1, 0.15) is 60.3 Å². The van der Waals surface area contributed by atoms with Crippen LogP contribution >= 0.6 is 0 Å². The summed E-state index contributed by atoms with van der Waals surface area (Å²) in [7, 11) is 0. The van der Waals surface area contributed by atoms with Crippen molar-refractivity contribution in [3.8, 4) is 11.6 Å². The first-order valence-electron chi connectivity index (χ1n) is 10.9. The zero-order valence-electron chi connectivity index (χ0n) is 17.5. The number of aromatic nitrogens is 3. The molecule has 0 unspecified atom stereocenters. The number of nitrogens with one attached hydrogen (secondary N) is 1. The fourth-order valence-electron chi connectivity index (χ4n) is 4.35. The molecule has 0 spiro atoms. The zero-order chi connectivity index (χ0) is 21.2. The van der Waals surface area contributed by atoms with Crippen molar-refractivity contribution < 1.29 is 9.53 Å². The average molecular weight is 412 g/mol. The van der Waals surface area contributed by atoms with Gasteiger partial charge in [-0.1, -0.05) is 38.0 Å². The molecule has 5 heteroatoms. The summed E-state index contributed by atoms with van der Waals surface area (Å²) in [5.41, 5.74) is 3.38. The number of H-pyrrole nitrogens is 1. The van der Waals surface area contributed by atoms with Crippen LogP contribution in [-0.4, -0.2) is 20.7 Å². The Morgan fingerprint density at radius 3 is 2.52 bits per heavy atom. The summed E-state index contributed by atoms with van der Waals surface area (Å²) in [6.45, 7) is 2.32. The van der Waals surface area contributed by atoms with Gasteiger partial charge in [-0.25, -0.2) is 9.97 Å². The van der Waals surface area contributed by atoms with E-state index in [-0.39, 0.29) is 5.78 Å². The number of imidazole rings is 1. The predicted molar refractivity (Wildman–Crippen MR) is 121 cm³/mol. The fraction of sp³-hybridized carbons (Fsp3) is 0.269. The van der Waals surface area contributed by atoms with Crippen LogP contribution in [0.3, 0.4) is 0 Å². The molecule has 0 aliphatic heterocycles. The molecule has 2 heterocycles. The maximum Gasteiger partial charge on any atom is 0.228 e. The number of ketones is 1. The Balaban J connectivity index is 1.33. The Labute approximate surface area is 181 Å². The van der Waals surface area contributed by atoms with Crippen molar-refractivity contribution in [2.24, 2.45) is 5.92 Å². The minimum atomic E-state index is -0.141. The van der Waals surface area contributed by atoms with E-state index >= 15 is 0 Å². The summed E-state index contributed by atoms with van der Waals surface area (Å²) in [5.74, 6) is 2.83. The molecule has 2 aromatic carbocycles. The minimum Gasteiger partial charge on any atom is -0.439 e. The zero-order valence-corrected chi connectivity index (χ0v) is 17.5. The molecule has 1 fully saturated rings. The molecular weight excluding hydrogens is 386 g/mol. The lowest BCUT2D eigenvalue weighted by Crippen LogP contribution is -2.12. The molecule has 156 valence electrons. The molecule has 1 saturated carbocycles. The van der Waals surface area contributed by atoms with Gasteiger partial charge in [-0.2, -0.15) is 0 Å². The first-order chi connectivity index (χ1) is 15.2. The monoisotopic (exact) mass is 411 g/mol. The van der Waals surface area contributed by atoms with Crippen molar-refractivity contribution in [1.29, 1.82) is 0 Å². The van der Waals surface area contributed by atoms with E-state index in [0.717, 1.165) is 17.0 Å². The van der Waals surface area contributed by atoms with Crippen LogP contribution < -0.4 is 4.74 Å². The summed E-state index contributed by atoms with van der Waals surface area (Å²) in [4.78, 5) is 24.8. The summed E-state index contributed by atoms with van der Waals surface area (Å²) >= 11 is 0. The quantitative estimate of drug-likeness (QED) is 0.393. The smallest absolute Gasteiger partial charge is 0.228 e. The fourth-order valence-corrected chi connectivity index (χ4v) is 4.35. The number of aromatic amines is 1. The molecule has 1 N–H and O–H groups in total. The van der Waals surface area contributed by atoms with Gasteiger partial charge in [-0.15, -0.1) is 0 Å². The number of fused-ring (bicyclic) bond motifs is 1. The van der Waals surface area contributed by atoms with E-state index in [2.05, 4.69) is 27.9 Å². The second-order valence-electron chi connectivity index (χ2n) is 8.41. The van der Waals surface area contributed by atoms with Crippen LogP contribution in [-0.2, 0) is 0 Å². The first kappa shape index (κ1) is 19.5. The van der Waals surface area contributed by atoms with E-state index in [0.29, 0.717) is 28.9 Å². The number of ether oxygens (including phenoxy) is 1. The third-order valence-electron chi connectivity index (χ3n) is 6.19. The number of carbonyl (C=O) groups excluding carboxylic acids is 1. The van der Waals surface area contributed by atoms with Gasteiger partial charge in [-0.3, -0.25) is 4.79 Å². The van der Waals surface area contributed by atoms with E-state index in [9.17, 15) is 4.79 Å². The molecule has 4 aromatic rings. The SMILES string of the molecule is CC1CCC(c2cccnc2Oc2ccc(C(=O)c3nc4ccccc4[nH]3)cc2)CC1. The molecule has 2 aromatic heterocycles. The molecule has 0 bridgehead atoms. The number of pyridine rings is 1. The van der Waals surface area contributed by atoms with Crippen molar-refractivity contribution in [3.05, 3.63) is 83.8 Å². The van der Waals surface area contributed by atoms with E-state index in [1.807, 2.05) is 42.5 Å². The standard InChI is InChI=1S/C26H25N3O2/c1-17-8-10-18(11-9-17)21-5-4-16-27-26(21)31-20-14-12-19(13-15-20)24(30)25-28-22-6-2-3-7-23(22)29-25/h2-7,12-18H,8-11H2,1H3,(H,28,29). The lowest BCUT2D eigenvalue weighted by molar-refractivity contribution is 0.103. The van der Waals surface area contributed by atoms with E-state index < -0.39 is 0 Å². The molecule has 5 rings (SSSR count). The Kier molecular flexibility index (Phi) is 5.24. The molecule has 0 radical (unpaired) electrons. The Morgan fingerprint density at radius 1 is 0.968 bits per heavy atom. The third kappa shape index (κ3) is 4.08. The van der Waals surface area contributed by atoms with Crippen LogP contribution in [0.4, 0.5) is 0 Å². The van der Waals surface area contributed by atoms with Gasteiger partial charge in [-0.05, 0) is 67.1 Å². The molecule has 0 atom stereocenters. The van der Waals surface area contributed by atoms with Gasteiger partial charge in [0.2, 0.25) is 11.7 Å². The molecular formula is C26H25N3O2. The summed E-state index contributed by atoms with van der Waals surface area (Å²) in [5, 5.41) is 0. The maximum absolute atomic E-state index is 12.8. The Morgan fingerprint density at radius 2 is 1.74 bits per heavy atom. The summed E-state index contributed by atoms with van der Waals surface area (Å²) < 4.78 is 6.13. The third-order valence-corrected chi connectivity index (χ3v) is 6.19. The lowest BCUT2D eigenvalue weighted by atomic mass is 9.80. The maximum atomic E-state index is 12.8. The van der Waals surface area contributed by atoms with Gasteiger partial charge < -0.3 is 9.72 Å². The average Bonchev–Trinajstić information content (AvgIpc) is 3.25. The first-order valence-corrected chi connectivity index (χ1v) is 10.9. The summed E-state index contributed by atoms with van der Waals surface area (Å²) in [6.07, 6.45) is 6.61. The van der Waals surface area contributed by atoms with Gasteiger partial charge in [0.1, 0.15) is 5.75 Å². The Bertz CT molecular complexity index is 1170. The van der Waals surface area contributed by atoms with E-state index in [1.54, 1.807) is 18.3 Å². The van der Waals surface area contributed by atoms with Crippen molar-refractivity contribution >= 4 is 16.8 Å². The van der Waals surface area contributed by atoms with Gasteiger partial charge in [0.05, 0.1) is 11.0 Å². The van der Waals surface area contributed by atoms with Crippen molar-refractivity contribution in [2.45, 2.75) is 38.5 Å². The van der Waals surface area contributed by atoms with Crippen molar-refractivity contribution in [1.82, 2.24) is 15.0 Å². The second-order valence-corrected chi connectivity index (χ2v) is 8.41. The van der Waals surface area contributed by atoms with Crippen LogP contribution in [0.2, 0.25) is 0 Å². The number of para-hydroxylation sites is 2. The number of rotatable bonds is 5. The van der Waals surface area contributed by atoms with Crippen LogP contribution in [0, 0.1) is 5.92 Å². The molecule has 31 heavy (non-hydrogen) atoms. The second kappa shape index (κ2) is 8.34. The van der Waals surface area contributed by atoms with Crippen LogP contribution in [0.25, 0.3) is 11.0 Å². The van der Waals surface area contributed by atoms with Crippen LogP contribution in [0.15, 0.2) is 66.9 Å². The van der Waals surface area contributed by atoms with Crippen molar-refractivity contribution in [3.63, 3.8) is 0 Å². The lowest BCUT2D eigenvalue weighted by Gasteiger charge is -2.27. The van der Waals surface area contributed by atoms with Gasteiger partial charge in [0, 0.05) is 17.3 Å². The topological polar surface area (TPSA) is 67.9 Å². The van der Waals surface area contributed by atoms with Gasteiger partial charge >= 0.3 is 0 Å². The highest BCUT2D eigenvalue weighted by atomic mass is 16.5. The molecule has 1 aliphatic carbocycles. The Hall–Kier alpha value is -3.47. The number of benzene rings is 2. The largest absolute Gasteiger partial charge is 0.439 e. The van der Waals surface area contributed by atoms with Gasteiger partial charge in [0.15, 0.2) is 5.82 Å². The van der Waals surface area contributed by atoms with Gasteiger partial charge in [0.25, 0.3) is 0 Å². The summed E-state index contributed by atoms with van der Waals surface area (Å²) in [6, 6.07) is 18.9. The normalized spacial score (nSPS) is 18.7. The van der Waals surface area contributed by atoms with Crippen LogP contribution in [0.5, 0.6) is 11.6 Å². The number of hydrogen-bond acceptors (Lipinski definition) is 4. The van der Waals surface area contributed by atoms with Crippen molar-refractivity contribution in [2.75, 3.05) is 0 Å². The highest BCUT2D eigenvalue weighted by molar-refractivity contribution is 6.08. The van der Waals surface area contributed by atoms with E-state index in [4.69, 9.17) is 4.74 Å². The molecule has 0 saturated heterocycles.